The van der Waals surface area contributed by atoms with Crippen molar-refractivity contribution < 1.29 is 0 Å². The number of aromatic amines is 2. The first kappa shape index (κ1) is 10.0. The molecule has 2 aromatic heterocycles. The Hall–Kier alpha value is -2.18. The predicted molar refractivity (Wildman–Crippen MR) is 60.5 cm³/mol. The van der Waals surface area contributed by atoms with Crippen molar-refractivity contribution in [2.24, 2.45) is 0 Å². The Morgan fingerprint density at radius 1 is 1.41 bits per heavy atom. The Balaban J connectivity index is 1.68. The molecule has 1 aliphatic carbocycles. The first-order valence-corrected chi connectivity index (χ1v) is 5.50. The van der Waals surface area contributed by atoms with Crippen molar-refractivity contribution in [2.45, 2.75) is 25.3 Å². The molecular formula is C10H12N6O. The lowest BCUT2D eigenvalue weighted by atomic mass is 10.3. The topological polar surface area (TPSA) is 99.3 Å². The Morgan fingerprint density at radius 2 is 2.29 bits per heavy atom. The maximum absolute atomic E-state index is 10.8. The Kier molecular flexibility index (Phi) is 2.36. The van der Waals surface area contributed by atoms with E-state index in [0.717, 1.165) is 11.5 Å². The van der Waals surface area contributed by atoms with E-state index in [1.165, 1.54) is 12.8 Å². The highest BCUT2D eigenvalue weighted by Crippen LogP contribution is 2.39. The van der Waals surface area contributed by atoms with Gasteiger partial charge in [-0.15, -0.1) is 0 Å². The van der Waals surface area contributed by atoms with E-state index in [9.17, 15) is 4.79 Å². The van der Waals surface area contributed by atoms with Crippen LogP contribution in [0.2, 0.25) is 0 Å². The van der Waals surface area contributed by atoms with Crippen LogP contribution in [-0.4, -0.2) is 25.1 Å². The second kappa shape index (κ2) is 4.00. The molecule has 1 saturated carbocycles. The predicted octanol–water partition coefficient (Wildman–Crippen LogP) is 0.377. The van der Waals surface area contributed by atoms with E-state index in [2.05, 4.69) is 30.5 Å². The minimum Gasteiger partial charge on any atom is -0.363 e. The SMILES string of the molecule is O=c1[nH]nc(CNc2cc(C3CC3)ncn2)[nH]1. The van der Waals surface area contributed by atoms with Gasteiger partial charge in [0.1, 0.15) is 18.0 Å². The Labute approximate surface area is 96.7 Å². The molecule has 0 unspecified atom stereocenters. The van der Waals surface area contributed by atoms with Crippen molar-refractivity contribution in [3.63, 3.8) is 0 Å². The third-order valence-corrected chi connectivity index (χ3v) is 2.67. The van der Waals surface area contributed by atoms with Crippen molar-refractivity contribution in [3.05, 3.63) is 34.4 Å². The van der Waals surface area contributed by atoms with Gasteiger partial charge < -0.3 is 5.32 Å². The van der Waals surface area contributed by atoms with E-state index in [1.807, 2.05) is 6.07 Å². The zero-order chi connectivity index (χ0) is 11.7. The third kappa shape index (κ3) is 2.32. The van der Waals surface area contributed by atoms with Gasteiger partial charge in [-0.1, -0.05) is 0 Å². The molecule has 2 heterocycles. The van der Waals surface area contributed by atoms with Gasteiger partial charge in [-0.05, 0) is 12.8 Å². The number of nitrogens with zero attached hydrogens (tertiary/aromatic N) is 3. The van der Waals surface area contributed by atoms with Crippen molar-refractivity contribution in [1.29, 1.82) is 0 Å². The van der Waals surface area contributed by atoms with Crippen molar-refractivity contribution in [3.8, 4) is 0 Å². The summed E-state index contributed by atoms with van der Waals surface area (Å²) in [6, 6.07) is 1.95. The molecule has 0 radical (unpaired) electrons. The van der Waals surface area contributed by atoms with Crippen LogP contribution in [-0.2, 0) is 6.54 Å². The fourth-order valence-corrected chi connectivity index (χ4v) is 1.63. The number of hydrogen-bond acceptors (Lipinski definition) is 5. The lowest BCUT2D eigenvalue weighted by Gasteiger charge is -2.04. The average molecular weight is 232 g/mol. The van der Waals surface area contributed by atoms with E-state index in [0.29, 0.717) is 18.3 Å². The summed E-state index contributed by atoms with van der Waals surface area (Å²) in [6.07, 6.45) is 3.98. The summed E-state index contributed by atoms with van der Waals surface area (Å²) in [5.41, 5.74) is 0.779. The lowest BCUT2D eigenvalue weighted by Crippen LogP contribution is -2.06. The molecule has 0 bridgehead atoms. The van der Waals surface area contributed by atoms with Crippen LogP contribution < -0.4 is 11.0 Å². The molecule has 7 nitrogen and oxygen atoms in total. The molecular weight excluding hydrogens is 220 g/mol. The molecule has 1 aliphatic rings. The van der Waals surface area contributed by atoms with Crippen molar-refractivity contribution in [1.82, 2.24) is 25.1 Å². The maximum Gasteiger partial charge on any atom is 0.340 e. The molecule has 17 heavy (non-hydrogen) atoms. The Bertz CT molecular complexity index is 570. The first-order chi connectivity index (χ1) is 8.31. The quantitative estimate of drug-likeness (QED) is 0.707. The molecule has 0 aromatic carbocycles. The maximum atomic E-state index is 10.8. The van der Waals surface area contributed by atoms with Crippen LogP contribution in [0, 0.1) is 0 Å². The second-order valence-corrected chi connectivity index (χ2v) is 4.08. The largest absolute Gasteiger partial charge is 0.363 e. The van der Waals surface area contributed by atoms with E-state index in [4.69, 9.17) is 0 Å². The number of nitrogens with one attached hydrogen (secondary N) is 3. The Morgan fingerprint density at radius 3 is 3.00 bits per heavy atom. The van der Waals surface area contributed by atoms with Gasteiger partial charge in [-0.25, -0.2) is 19.9 Å². The molecule has 2 aromatic rings. The second-order valence-electron chi connectivity index (χ2n) is 4.08. The van der Waals surface area contributed by atoms with Gasteiger partial charge in [0, 0.05) is 17.7 Å². The summed E-state index contributed by atoms with van der Waals surface area (Å²) < 4.78 is 0. The summed E-state index contributed by atoms with van der Waals surface area (Å²) >= 11 is 0. The molecule has 0 saturated heterocycles. The van der Waals surface area contributed by atoms with Crippen LogP contribution in [0.4, 0.5) is 5.82 Å². The molecule has 0 atom stereocenters. The summed E-state index contributed by atoms with van der Waals surface area (Å²) in [7, 11) is 0. The van der Waals surface area contributed by atoms with Gasteiger partial charge in [0.2, 0.25) is 0 Å². The van der Waals surface area contributed by atoms with Crippen LogP contribution in [0.25, 0.3) is 0 Å². The minimum atomic E-state index is -0.303. The normalized spacial score (nSPS) is 14.8. The molecule has 0 amide bonds. The van der Waals surface area contributed by atoms with Crippen molar-refractivity contribution >= 4 is 5.82 Å². The van der Waals surface area contributed by atoms with E-state index in [-0.39, 0.29) is 5.69 Å². The monoisotopic (exact) mass is 232 g/mol. The number of rotatable bonds is 4. The van der Waals surface area contributed by atoms with Gasteiger partial charge in [0.05, 0.1) is 6.54 Å². The molecule has 0 aliphatic heterocycles. The van der Waals surface area contributed by atoms with Crippen molar-refractivity contribution in [2.75, 3.05) is 5.32 Å². The molecule has 7 heteroatoms. The fourth-order valence-electron chi connectivity index (χ4n) is 1.63. The highest BCUT2D eigenvalue weighted by atomic mass is 16.1. The van der Waals surface area contributed by atoms with Crippen LogP contribution >= 0.6 is 0 Å². The lowest BCUT2D eigenvalue weighted by molar-refractivity contribution is 0.932. The first-order valence-electron chi connectivity index (χ1n) is 5.50. The van der Waals surface area contributed by atoms with Crippen LogP contribution in [0.5, 0.6) is 0 Å². The van der Waals surface area contributed by atoms with E-state index in [1.54, 1.807) is 6.33 Å². The third-order valence-electron chi connectivity index (χ3n) is 2.67. The van der Waals surface area contributed by atoms with Gasteiger partial charge in [-0.2, -0.15) is 5.10 Å². The zero-order valence-corrected chi connectivity index (χ0v) is 9.10. The summed E-state index contributed by atoms with van der Waals surface area (Å²) in [5.74, 6) is 1.91. The smallest absolute Gasteiger partial charge is 0.340 e. The molecule has 1 fully saturated rings. The standard InChI is InChI=1S/C10H12N6O/c17-10-14-9(15-16-10)4-11-8-3-7(6-1-2-6)12-5-13-8/h3,5-6H,1-2,4H2,(H,11,12,13)(H2,14,15,16,17). The highest BCUT2D eigenvalue weighted by Gasteiger charge is 2.25. The van der Waals surface area contributed by atoms with E-state index >= 15 is 0 Å². The van der Waals surface area contributed by atoms with E-state index < -0.39 is 0 Å². The number of H-pyrrole nitrogens is 2. The van der Waals surface area contributed by atoms with Gasteiger partial charge in [0.25, 0.3) is 0 Å². The molecule has 3 rings (SSSR count). The van der Waals surface area contributed by atoms with Crippen LogP contribution in [0.1, 0.15) is 30.3 Å². The van der Waals surface area contributed by atoms with Gasteiger partial charge in [0.15, 0.2) is 0 Å². The summed E-state index contributed by atoms with van der Waals surface area (Å²) in [5, 5.41) is 9.21. The summed E-state index contributed by atoms with van der Waals surface area (Å²) in [4.78, 5) is 21.7. The minimum absolute atomic E-state index is 0.303. The number of anilines is 1. The van der Waals surface area contributed by atoms with Gasteiger partial charge in [-0.3, -0.25) is 4.98 Å². The molecule has 0 spiro atoms. The fraction of sp³-hybridized carbons (Fsp3) is 0.400. The van der Waals surface area contributed by atoms with Gasteiger partial charge >= 0.3 is 5.69 Å². The molecule has 3 N–H and O–H groups in total. The highest BCUT2D eigenvalue weighted by molar-refractivity contribution is 5.36. The average Bonchev–Trinajstić information content (AvgIpc) is 3.11. The number of hydrogen-bond donors (Lipinski definition) is 3. The molecule has 88 valence electrons. The summed E-state index contributed by atoms with van der Waals surface area (Å²) in [6.45, 7) is 0.430. The number of aromatic nitrogens is 5. The van der Waals surface area contributed by atoms with Crippen LogP contribution in [0.3, 0.4) is 0 Å². The zero-order valence-electron chi connectivity index (χ0n) is 9.10. The van der Waals surface area contributed by atoms with Crippen LogP contribution in [0.15, 0.2) is 17.2 Å².